The lowest BCUT2D eigenvalue weighted by Gasteiger charge is -2.04. The van der Waals surface area contributed by atoms with Crippen LogP contribution in [0.5, 0.6) is 0 Å². The minimum absolute atomic E-state index is 0.190. The Labute approximate surface area is 88.6 Å². The Balaban J connectivity index is 2.59. The van der Waals surface area contributed by atoms with Crippen molar-refractivity contribution >= 4 is 0 Å². The van der Waals surface area contributed by atoms with Gasteiger partial charge in [-0.05, 0) is 24.6 Å². The van der Waals surface area contributed by atoms with Crippen LogP contribution in [0.2, 0.25) is 0 Å². The molecule has 0 amide bonds. The molecule has 2 nitrogen and oxygen atoms in total. The second-order valence-electron chi connectivity index (χ2n) is 3.05. The normalized spacial score (nSPS) is 9.60. The SMILES string of the molecule is C=CCCOCc1cc(C#N)ccc1F. The minimum atomic E-state index is -0.340. The van der Waals surface area contributed by atoms with Gasteiger partial charge in [0.25, 0.3) is 0 Å². The number of nitrogens with zero attached hydrogens (tertiary/aromatic N) is 1. The molecule has 0 aliphatic heterocycles. The molecule has 0 spiro atoms. The van der Waals surface area contributed by atoms with E-state index in [2.05, 4.69) is 6.58 Å². The highest BCUT2D eigenvalue weighted by molar-refractivity contribution is 5.33. The Morgan fingerprint density at radius 2 is 2.33 bits per heavy atom. The quantitative estimate of drug-likeness (QED) is 0.547. The fourth-order valence-electron chi connectivity index (χ4n) is 1.10. The highest BCUT2D eigenvalue weighted by atomic mass is 19.1. The van der Waals surface area contributed by atoms with Crippen molar-refractivity contribution in [1.82, 2.24) is 0 Å². The molecule has 0 aliphatic rings. The van der Waals surface area contributed by atoms with Crippen LogP contribution in [-0.2, 0) is 11.3 Å². The second kappa shape index (κ2) is 5.94. The van der Waals surface area contributed by atoms with Crippen LogP contribution >= 0.6 is 0 Å². The largest absolute Gasteiger partial charge is 0.376 e. The van der Waals surface area contributed by atoms with Crippen LogP contribution in [0.4, 0.5) is 4.39 Å². The molecule has 0 radical (unpaired) electrons. The van der Waals surface area contributed by atoms with E-state index in [1.807, 2.05) is 6.07 Å². The van der Waals surface area contributed by atoms with Crippen molar-refractivity contribution in [3.63, 3.8) is 0 Å². The molecule has 0 aliphatic carbocycles. The molecule has 3 heteroatoms. The average molecular weight is 205 g/mol. The minimum Gasteiger partial charge on any atom is -0.376 e. The Bertz CT molecular complexity index is 382. The number of halogens is 1. The number of hydrogen-bond acceptors (Lipinski definition) is 2. The van der Waals surface area contributed by atoms with E-state index in [1.54, 1.807) is 6.08 Å². The van der Waals surface area contributed by atoms with Gasteiger partial charge in [-0.2, -0.15) is 5.26 Å². The van der Waals surface area contributed by atoms with Crippen molar-refractivity contribution in [2.75, 3.05) is 6.61 Å². The number of nitriles is 1. The maximum atomic E-state index is 13.2. The van der Waals surface area contributed by atoms with Crippen LogP contribution in [0, 0.1) is 17.1 Å². The summed E-state index contributed by atoms with van der Waals surface area (Å²) in [6.07, 6.45) is 2.47. The fourth-order valence-corrected chi connectivity index (χ4v) is 1.10. The van der Waals surface area contributed by atoms with Gasteiger partial charge in [0.05, 0.1) is 24.8 Å². The molecule has 0 fully saturated rings. The molecule has 0 aromatic heterocycles. The molecule has 0 bridgehead atoms. The molecule has 1 aromatic rings. The first-order chi connectivity index (χ1) is 7.27. The number of hydrogen-bond donors (Lipinski definition) is 0. The molecular weight excluding hydrogens is 193 g/mol. The molecule has 0 saturated carbocycles. The van der Waals surface area contributed by atoms with Crippen molar-refractivity contribution in [1.29, 1.82) is 5.26 Å². The Hall–Kier alpha value is -1.66. The molecular formula is C12H12FNO. The first-order valence-corrected chi connectivity index (χ1v) is 4.65. The zero-order valence-electron chi connectivity index (χ0n) is 8.37. The zero-order valence-corrected chi connectivity index (χ0v) is 8.37. The third-order valence-electron chi connectivity index (χ3n) is 1.90. The third kappa shape index (κ3) is 3.53. The molecule has 15 heavy (non-hydrogen) atoms. The summed E-state index contributed by atoms with van der Waals surface area (Å²) in [5, 5.41) is 8.64. The molecule has 0 atom stereocenters. The fraction of sp³-hybridized carbons (Fsp3) is 0.250. The zero-order chi connectivity index (χ0) is 11.1. The van der Waals surface area contributed by atoms with Gasteiger partial charge in [-0.15, -0.1) is 6.58 Å². The lowest BCUT2D eigenvalue weighted by atomic mass is 10.1. The summed E-state index contributed by atoms with van der Waals surface area (Å²) in [7, 11) is 0. The predicted octanol–water partition coefficient (Wildman–Crippen LogP) is 2.79. The molecule has 0 saturated heterocycles. The summed E-state index contributed by atoms with van der Waals surface area (Å²) in [6.45, 7) is 4.26. The van der Waals surface area contributed by atoms with E-state index < -0.39 is 0 Å². The summed E-state index contributed by atoms with van der Waals surface area (Å²) in [4.78, 5) is 0. The van der Waals surface area contributed by atoms with Gasteiger partial charge in [0.15, 0.2) is 0 Å². The summed E-state index contributed by atoms with van der Waals surface area (Å²) >= 11 is 0. The summed E-state index contributed by atoms with van der Waals surface area (Å²) in [5.74, 6) is -0.340. The van der Waals surface area contributed by atoms with Gasteiger partial charge in [-0.25, -0.2) is 4.39 Å². The van der Waals surface area contributed by atoms with Gasteiger partial charge in [0, 0.05) is 5.56 Å². The van der Waals surface area contributed by atoms with Crippen LogP contribution in [0.15, 0.2) is 30.9 Å². The second-order valence-corrected chi connectivity index (χ2v) is 3.05. The molecule has 78 valence electrons. The van der Waals surface area contributed by atoms with Crippen molar-refractivity contribution in [2.24, 2.45) is 0 Å². The molecule has 1 rings (SSSR count). The van der Waals surface area contributed by atoms with E-state index in [0.717, 1.165) is 6.42 Å². The highest BCUT2D eigenvalue weighted by Gasteiger charge is 2.03. The highest BCUT2D eigenvalue weighted by Crippen LogP contribution is 2.11. The van der Waals surface area contributed by atoms with Gasteiger partial charge in [-0.3, -0.25) is 0 Å². The average Bonchev–Trinajstić information content (AvgIpc) is 2.26. The molecule has 0 heterocycles. The van der Waals surface area contributed by atoms with Crippen LogP contribution in [0.3, 0.4) is 0 Å². The Morgan fingerprint density at radius 3 is 3.00 bits per heavy atom. The van der Waals surface area contributed by atoms with E-state index in [4.69, 9.17) is 10.00 Å². The van der Waals surface area contributed by atoms with Crippen molar-refractivity contribution < 1.29 is 9.13 Å². The van der Waals surface area contributed by atoms with E-state index in [0.29, 0.717) is 17.7 Å². The van der Waals surface area contributed by atoms with Crippen LogP contribution in [0.1, 0.15) is 17.5 Å². The maximum absolute atomic E-state index is 13.2. The number of ether oxygens (including phenoxy) is 1. The topological polar surface area (TPSA) is 33.0 Å². The monoisotopic (exact) mass is 205 g/mol. The lowest BCUT2D eigenvalue weighted by molar-refractivity contribution is 0.123. The smallest absolute Gasteiger partial charge is 0.128 e. The summed E-state index contributed by atoms with van der Waals surface area (Å²) < 4.78 is 18.4. The Morgan fingerprint density at radius 1 is 1.53 bits per heavy atom. The lowest BCUT2D eigenvalue weighted by Crippen LogP contribution is -1.97. The van der Waals surface area contributed by atoms with Crippen molar-refractivity contribution in [2.45, 2.75) is 13.0 Å². The van der Waals surface area contributed by atoms with Crippen LogP contribution in [-0.4, -0.2) is 6.61 Å². The van der Waals surface area contributed by atoms with Gasteiger partial charge >= 0.3 is 0 Å². The van der Waals surface area contributed by atoms with Gasteiger partial charge in [0.1, 0.15) is 5.82 Å². The van der Waals surface area contributed by atoms with Crippen LogP contribution in [0.25, 0.3) is 0 Å². The predicted molar refractivity (Wildman–Crippen MR) is 55.6 cm³/mol. The first-order valence-electron chi connectivity index (χ1n) is 4.65. The Kier molecular flexibility index (Phi) is 4.52. The van der Waals surface area contributed by atoms with Gasteiger partial charge in [0.2, 0.25) is 0 Å². The van der Waals surface area contributed by atoms with E-state index >= 15 is 0 Å². The summed E-state index contributed by atoms with van der Waals surface area (Å²) in [5.41, 5.74) is 0.858. The number of rotatable bonds is 5. The van der Waals surface area contributed by atoms with E-state index in [-0.39, 0.29) is 12.4 Å². The van der Waals surface area contributed by atoms with Gasteiger partial charge in [-0.1, -0.05) is 6.08 Å². The third-order valence-corrected chi connectivity index (χ3v) is 1.90. The standard InChI is InChI=1S/C12H12FNO/c1-2-3-6-15-9-11-7-10(8-14)4-5-12(11)13/h2,4-5,7H,1,3,6,9H2. The summed E-state index contributed by atoms with van der Waals surface area (Å²) in [6, 6.07) is 6.19. The van der Waals surface area contributed by atoms with Crippen molar-refractivity contribution in [3.05, 3.63) is 47.8 Å². The van der Waals surface area contributed by atoms with Crippen molar-refractivity contribution in [3.8, 4) is 6.07 Å². The molecule has 0 N–H and O–H groups in total. The van der Waals surface area contributed by atoms with E-state index in [1.165, 1.54) is 18.2 Å². The molecule has 0 unspecified atom stereocenters. The molecule has 1 aromatic carbocycles. The van der Waals surface area contributed by atoms with Crippen LogP contribution < -0.4 is 0 Å². The van der Waals surface area contributed by atoms with Gasteiger partial charge < -0.3 is 4.74 Å². The first kappa shape index (κ1) is 11.4. The maximum Gasteiger partial charge on any atom is 0.128 e. The van der Waals surface area contributed by atoms with E-state index in [9.17, 15) is 4.39 Å². The number of benzene rings is 1.